The summed E-state index contributed by atoms with van der Waals surface area (Å²) in [5, 5.41) is 0.910. The number of hydrogen-bond acceptors (Lipinski definition) is 4. The number of rotatable bonds is 5. The normalized spacial score (nSPS) is 15.8. The molecule has 6 aromatic carbocycles. The van der Waals surface area contributed by atoms with Crippen molar-refractivity contribution in [3.63, 3.8) is 0 Å². The quantitative estimate of drug-likeness (QED) is 0.166. The molecule has 0 saturated carbocycles. The maximum Gasteiger partial charge on any atom is 0.163 e. The Morgan fingerprint density at radius 2 is 1.21 bits per heavy atom. The summed E-state index contributed by atoms with van der Waals surface area (Å²) in [6, 6.07) is 51.1. The van der Waals surface area contributed by atoms with E-state index in [1.54, 1.807) is 0 Å². The predicted molar refractivity (Wildman–Crippen MR) is 229 cm³/mol. The minimum absolute atomic E-state index is 0.0728. The minimum Gasteiger partial charge on any atom is -0.454 e. The second-order valence-corrected chi connectivity index (χ2v) is 15.0. The van der Waals surface area contributed by atoms with E-state index < -0.39 is 5.41 Å². The van der Waals surface area contributed by atoms with Crippen LogP contribution in [-0.2, 0) is 5.41 Å². The molecule has 1 unspecified atom stereocenters. The van der Waals surface area contributed by atoms with E-state index in [0.29, 0.717) is 11.6 Å². The summed E-state index contributed by atoms with van der Waals surface area (Å²) in [5.74, 6) is 5.92. The molecule has 0 bridgehead atoms. The van der Waals surface area contributed by atoms with Gasteiger partial charge in [0.1, 0.15) is 11.4 Å². The Kier molecular flexibility index (Phi) is 7.46. The summed E-state index contributed by atoms with van der Waals surface area (Å²) in [4.78, 5) is 15.1. The van der Waals surface area contributed by atoms with Crippen LogP contribution in [0, 0.1) is 12.3 Å². The van der Waals surface area contributed by atoms with Gasteiger partial charge in [0.25, 0.3) is 0 Å². The number of aromatic nitrogens is 3. The van der Waals surface area contributed by atoms with Crippen LogP contribution in [0.1, 0.15) is 58.7 Å². The molecule has 4 heteroatoms. The summed E-state index contributed by atoms with van der Waals surface area (Å²) in [6.07, 6.45) is 15.8. The van der Waals surface area contributed by atoms with Crippen molar-refractivity contribution in [2.45, 2.75) is 24.7 Å². The minimum atomic E-state index is -0.465. The molecule has 0 N–H and O–H groups in total. The van der Waals surface area contributed by atoms with Crippen molar-refractivity contribution in [3.8, 4) is 57.4 Å². The zero-order chi connectivity index (χ0) is 38.1. The predicted octanol–water partition coefficient (Wildman–Crippen LogP) is 12.3. The van der Waals surface area contributed by atoms with Gasteiger partial charge in [0.15, 0.2) is 17.4 Å². The van der Waals surface area contributed by atoms with Crippen LogP contribution in [0.2, 0.25) is 0 Å². The SMILES string of the molecule is C#Cc1c(C2=C(C)C3(c4ccccc42)c2ccccc2-c2ccccc23)oc2c(-c3cccc(-c4nc(-c5ccccc5)nc(C5C=CC=CC5)n4)c3)cccc12. The monoisotopic (exact) mass is 729 g/mol. The first-order valence-corrected chi connectivity index (χ1v) is 19.4. The van der Waals surface area contributed by atoms with Crippen LogP contribution >= 0.6 is 0 Å². The smallest absolute Gasteiger partial charge is 0.163 e. The molecular weight excluding hydrogens is 695 g/mol. The van der Waals surface area contributed by atoms with Crippen molar-refractivity contribution >= 4 is 16.5 Å². The van der Waals surface area contributed by atoms with Crippen LogP contribution in [0.15, 0.2) is 180 Å². The highest BCUT2D eigenvalue weighted by atomic mass is 16.3. The van der Waals surface area contributed by atoms with Gasteiger partial charge in [-0.2, -0.15) is 0 Å². The fourth-order valence-electron chi connectivity index (χ4n) is 9.51. The average molecular weight is 730 g/mol. The Bertz CT molecular complexity index is 3040. The maximum atomic E-state index is 7.13. The van der Waals surface area contributed by atoms with Crippen LogP contribution < -0.4 is 0 Å². The highest BCUT2D eigenvalue weighted by Gasteiger charge is 2.52. The lowest BCUT2D eigenvalue weighted by Gasteiger charge is -2.31. The van der Waals surface area contributed by atoms with E-state index in [9.17, 15) is 0 Å². The van der Waals surface area contributed by atoms with Gasteiger partial charge in [-0.05, 0) is 70.0 Å². The molecule has 1 spiro atoms. The molecule has 268 valence electrons. The second-order valence-electron chi connectivity index (χ2n) is 15.0. The van der Waals surface area contributed by atoms with Crippen molar-refractivity contribution in [1.82, 2.24) is 15.0 Å². The van der Waals surface area contributed by atoms with Gasteiger partial charge in [-0.25, -0.2) is 15.0 Å². The molecule has 3 aliphatic rings. The zero-order valence-corrected chi connectivity index (χ0v) is 31.3. The molecule has 57 heavy (non-hydrogen) atoms. The number of nitrogens with zero attached hydrogens (tertiary/aromatic N) is 3. The van der Waals surface area contributed by atoms with E-state index in [0.717, 1.165) is 67.9 Å². The first-order chi connectivity index (χ1) is 28.1. The maximum absolute atomic E-state index is 7.13. The van der Waals surface area contributed by atoms with E-state index in [1.165, 1.54) is 33.4 Å². The van der Waals surface area contributed by atoms with Crippen molar-refractivity contribution < 1.29 is 4.42 Å². The molecule has 1 atom stereocenters. The van der Waals surface area contributed by atoms with E-state index >= 15 is 0 Å². The molecular formula is C53H35N3O. The van der Waals surface area contributed by atoms with Crippen LogP contribution in [0.25, 0.3) is 61.6 Å². The molecule has 2 aromatic heterocycles. The lowest BCUT2D eigenvalue weighted by Crippen LogP contribution is -2.26. The Morgan fingerprint density at radius 3 is 1.91 bits per heavy atom. The van der Waals surface area contributed by atoms with Gasteiger partial charge in [0.05, 0.1) is 11.0 Å². The first-order valence-electron chi connectivity index (χ1n) is 19.4. The Balaban J connectivity index is 1.09. The molecule has 0 amide bonds. The first kappa shape index (κ1) is 33.0. The summed E-state index contributed by atoms with van der Waals surface area (Å²) >= 11 is 0. The van der Waals surface area contributed by atoms with Gasteiger partial charge in [-0.15, -0.1) is 6.42 Å². The lowest BCUT2D eigenvalue weighted by atomic mass is 9.70. The van der Waals surface area contributed by atoms with E-state index in [-0.39, 0.29) is 5.92 Å². The van der Waals surface area contributed by atoms with E-state index in [1.807, 2.05) is 30.3 Å². The third-order valence-electron chi connectivity index (χ3n) is 12.0. The highest BCUT2D eigenvalue weighted by molar-refractivity contribution is 6.04. The van der Waals surface area contributed by atoms with Gasteiger partial charge in [0.2, 0.25) is 0 Å². The number of terminal acetylenes is 1. The van der Waals surface area contributed by atoms with Gasteiger partial charge >= 0.3 is 0 Å². The van der Waals surface area contributed by atoms with Crippen LogP contribution in [0.4, 0.5) is 0 Å². The van der Waals surface area contributed by atoms with Crippen molar-refractivity contribution in [1.29, 1.82) is 0 Å². The molecule has 0 radical (unpaired) electrons. The third kappa shape index (κ3) is 4.86. The summed E-state index contributed by atoms with van der Waals surface area (Å²) in [6.45, 7) is 2.26. The molecule has 4 nitrogen and oxygen atoms in total. The van der Waals surface area contributed by atoms with Gasteiger partial charge in [-0.1, -0.05) is 164 Å². The van der Waals surface area contributed by atoms with Crippen LogP contribution in [0.5, 0.6) is 0 Å². The number of hydrogen-bond donors (Lipinski definition) is 0. The fourth-order valence-corrected chi connectivity index (χ4v) is 9.51. The number of fused-ring (bicyclic) bond motifs is 8. The van der Waals surface area contributed by atoms with Crippen molar-refractivity contribution in [3.05, 3.63) is 215 Å². The van der Waals surface area contributed by atoms with Crippen LogP contribution in [-0.4, -0.2) is 15.0 Å². The van der Waals surface area contributed by atoms with Crippen molar-refractivity contribution in [2.24, 2.45) is 0 Å². The largest absolute Gasteiger partial charge is 0.454 e. The van der Waals surface area contributed by atoms with Gasteiger partial charge in [-0.3, -0.25) is 0 Å². The van der Waals surface area contributed by atoms with Crippen molar-refractivity contribution in [2.75, 3.05) is 0 Å². The molecule has 11 rings (SSSR count). The summed E-state index contributed by atoms with van der Waals surface area (Å²) in [5.41, 5.74) is 14.6. The molecule has 3 aliphatic carbocycles. The Hall–Kier alpha value is -7.35. The second kappa shape index (κ2) is 12.9. The standard InChI is InChI=1S/C53H35N3O/c1-3-38-42-28-17-27-39(36-22-16-23-37(32-36)52-55-50(34-18-6-4-7-19-34)54-51(56-52)35-20-8-5-9-21-35)48(42)57-49(38)47-33(2)53(46-31-15-12-26-43(46)47)44-29-13-10-24-40(44)41-25-11-14-30-45(41)53/h1,4-20,22-32,35H,21H2,2H3. The topological polar surface area (TPSA) is 51.8 Å². The number of benzene rings is 6. The molecule has 0 aliphatic heterocycles. The number of allylic oxidation sites excluding steroid dienone is 5. The molecule has 2 heterocycles. The average Bonchev–Trinajstić information content (AvgIpc) is 3.89. The number of furan rings is 1. The number of para-hydroxylation sites is 1. The van der Waals surface area contributed by atoms with Gasteiger partial charge in [0, 0.05) is 33.6 Å². The fraction of sp³-hybridized carbons (Fsp3) is 0.0755. The Labute approximate surface area is 331 Å². The Morgan fingerprint density at radius 1 is 0.614 bits per heavy atom. The zero-order valence-electron chi connectivity index (χ0n) is 31.3. The summed E-state index contributed by atoms with van der Waals surface area (Å²) in [7, 11) is 0. The highest BCUT2D eigenvalue weighted by Crippen LogP contribution is 2.63. The third-order valence-corrected chi connectivity index (χ3v) is 12.0. The van der Waals surface area contributed by atoms with E-state index in [2.05, 4.69) is 152 Å². The summed E-state index contributed by atoms with van der Waals surface area (Å²) < 4.78 is 7.13. The van der Waals surface area contributed by atoms with E-state index in [4.69, 9.17) is 25.8 Å². The van der Waals surface area contributed by atoms with Gasteiger partial charge < -0.3 is 4.42 Å². The molecule has 8 aromatic rings. The lowest BCUT2D eigenvalue weighted by molar-refractivity contribution is 0.599. The molecule has 0 saturated heterocycles. The molecule has 0 fully saturated rings. The van der Waals surface area contributed by atoms with Crippen LogP contribution in [0.3, 0.4) is 0 Å².